The van der Waals surface area contributed by atoms with Gasteiger partial charge in [-0.15, -0.1) is 10.2 Å². The van der Waals surface area contributed by atoms with E-state index in [1.165, 1.54) is 19.2 Å². The summed E-state index contributed by atoms with van der Waals surface area (Å²) in [7, 11) is 1.36. The van der Waals surface area contributed by atoms with Gasteiger partial charge < -0.3 is 15.5 Å². The zero-order valence-electron chi connectivity index (χ0n) is 19.3. The lowest BCUT2D eigenvalue weighted by atomic mass is 10.0. The molecule has 5 rings (SSSR count). The van der Waals surface area contributed by atoms with Crippen molar-refractivity contribution in [3.8, 4) is 5.69 Å². The van der Waals surface area contributed by atoms with Crippen molar-refractivity contribution < 1.29 is 18.0 Å². The number of anilines is 3. The van der Waals surface area contributed by atoms with E-state index in [-0.39, 0.29) is 29.3 Å². The van der Waals surface area contributed by atoms with Crippen molar-refractivity contribution in [3.63, 3.8) is 0 Å². The first kappa shape index (κ1) is 23.1. The Kier molecular flexibility index (Phi) is 5.81. The van der Waals surface area contributed by atoms with Gasteiger partial charge in [-0.2, -0.15) is 18.2 Å². The Balaban J connectivity index is 1.57. The van der Waals surface area contributed by atoms with E-state index in [2.05, 4.69) is 42.6 Å². The van der Waals surface area contributed by atoms with Crippen LogP contribution in [0.4, 0.5) is 30.6 Å². The molecule has 1 aromatic carbocycles. The second-order valence-electron chi connectivity index (χ2n) is 8.69. The van der Waals surface area contributed by atoms with Gasteiger partial charge >= 0.3 is 6.18 Å². The minimum Gasteiger partial charge on any atom is -0.355 e. The Labute approximate surface area is 199 Å². The summed E-state index contributed by atoms with van der Waals surface area (Å²) >= 11 is 0. The summed E-state index contributed by atoms with van der Waals surface area (Å²) in [6, 6.07) is 3.58. The van der Waals surface area contributed by atoms with Crippen molar-refractivity contribution in [2.24, 2.45) is 0 Å². The largest absolute Gasteiger partial charge is 0.418 e. The third-order valence-corrected chi connectivity index (χ3v) is 6.63. The molecule has 9 nitrogen and oxygen atoms in total. The van der Waals surface area contributed by atoms with Crippen LogP contribution >= 0.6 is 0 Å². The molecule has 3 aromatic rings. The van der Waals surface area contributed by atoms with Crippen molar-refractivity contribution >= 4 is 23.4 Å². The molecule has 1 aliphatic heterocycles. The first-order valence-corrected chi connectivity index (χ1v) is 11.6. The van der Waals surface area contributed by atoms with Crippen LogP contribution in [0.5, 0.6) is 0 Å². The van der Waals surface area contributed by atoms with Gasteiger partial charge in [-0.3, -0.25) is 9.36 Å². The van der Waals surface area contributed by atoms with Crippen LogP contribution in [0, 0.1) is 0 Å². The molecule has 2 N–H and O–H groups in total. The number of amides is 1. The molecule has 1 fully saturated rings. The zero-order chi connectivity index (χ0) is 24.7. The number of rotatable bonds is 5. The first-order valence-electron chi connectivity index (χ1n) is 11.6. The number of halogens is 3. The Morgan fingerprint density at radius 2 is 2.00 bits per heavy atom. The molecule has 0 spiro atoms. The molecule has 0 bridgehead atoms. The summed E-state index contributed by atoms with van der Waals surface area (Å²) in [6.45, 7) is 2.07. The predicted molar refractivity (Wildman–Crippen MR) is 123 cm³/mol. The van der Waals surface area contributed by atoms with Crippen LogP contribution in [0.3, 0.4) is 0 Å². The summed E-state index contributed by atoms with van der Waals surface area (Å²) in [5.74, 6) is 0.885. The molecule has 1 aliphatic carbocycles. The number of hydrogen-bond donors (Lipinski definition) is 2. The molecule has 1 saturated carbocycles. The molecule has 2 aromatic heterocycles. The number of nitrogens with zero attached hydrogens (tertiary/aromatic N) is 6. The molecule has 184 valence electrons. The first-order chi connectivity index (χ1) is 16.8. The number of benzene rings is 1. The highest BCUT2D eigenvalue weighted by Crippen LogP contribution is 2.43. The third kappa shape index (κ3) is 4.06. The monoisotopic (exact) mass is 486 g/mol. The lowest BCUT2D eigenvalue weighted by Gasteiger charge is -2.40. The Hall–Kier alpha value is -3.70. The number of fused-ring (bicyclic) bond motifs is 3. The topological polar surface area (TPSA) is 101 Å². The molecule has 2 aliphatic rings. The normalized spacial score (nSPS) is 17.7. The van der Waals surface area contributed by atoms with Gasteiger partial charge in [-0.05, 0) is 37.5 Å². The van der Waals surface area contributed by atoms with Crippen LogP contribution < -0.4 is 15.5 Å². The number of hydrogen-bond acceptors (Lipinski definition) is 7. The van der Waals surface area contributed by atoms with Crippen molar-refractivity contribution in [1.82, 2.24) is 30.0 Å². The highest BCUT2D eigenvalue weighted by atomic mass is 19.4. The van der Waals surface area contributed by atoms with Crippen LogP contribution in [-0.4, -0.2) is 43.7 Å². The minimum atomic E-state index is -4.68. The molecule has 1 atom stereocenters. The average Bonchev–Trinajstić information content (AvgIpc) is 3.54. The maximum Gasteiger partial charge on any atom is 0.418 e. The molecular formula is C23H25F3N8O. The number of alkyl halides is 3. The lowest BCUT2D eigenvalue weighted by molar-refractivity contribution is -0.136. The number of carbonyl (C=O) groups excluding carboxylic acids is 1. The quantitative estimate of drug-likeness (QED) is 0.552. The second-order valence-corrected chi connectivity index (χ2v) is 8.69. The smallest absolute Gasteiger partial charge is 0.355 e. The molecule has 1 amide bonds. The summed E-state index contributed by atoms with van der Waals surface area (Å²) in [6.07, 6.45) is 3.54. The van der Waals surface area contributed by atoms with Crippen LogP contribution in [0.2, 0.25) is 0 Å². The van der Waals surface area contributed by atoms with Crippen LogP contribution in [-0.2, 0) is 6.18 Å². The predicted octanol–water partition coefficient (Wildman–Crippen LogP) is 4.39. The van der Waals surface area contributed by atoms with E-state index in [1.807, 2.05) is 4.57 Å². The van der Waals surface area contributed by atoms with E-state index < -0.39 is 17.6 Å². The molecular weight excluding hydrogens is 461 g/mol. The molecule has 0 unspecified atom stereocenters. The van der Waals surface area contributed by atoms with Gasteiger partial charge in [0, 0.05) is 18.7 Å². The highest BCUT2D eigenvalue weighted by molar-refractivity contribution is 5.94. The molecule has 3 heterocycles. The summed E-state index contributed by atoms with van der Waals surface area (Å²) < 4.78 is 43.3. The van der Waals surface area contributed by atoms with Crippen molar-refractivity contribution in [2.75, 3.05) is 17.3 Å². The number of carbonyl (C=O) groups is 1. The van der Waals surface area contributed by atoms with Gasteiger partial charge in [-0.1, -0.05) is 19.8 Å². The third-order valence-electron chi connectivity index (χ3n) is 6.63. The van der Waals surface area contributed by atoms with Gasteiger partial charge in [0.25, 0.3) is 5.91 Å². The molecule has 35 heavy (non-hydrogen) atoms. The minimum absolute atomic E-state index is 0.0383. The van der Waals surface area contributed by atoms with E-state index in [4.69, 9.17) is 0 Å². The Bertz CT molecular complexity index is 1250. The maximum atomic E-state index is 13.8. The fraction of sp³-hybridized carbons (Fsp3) is 0.435. The van der Waals surface area contributed by atoms with Crippen molar-refractivity contribution in [2.45, 2.75) is 57.3 Å². The van der Waals surface area contributed by atoms with Crippen molar-refractivity contribution in [3.05, 3.63) is 47.7 Å². The SMILES string of the molecule is CC[C@@H]1c2nncn2-c2cnc(Nc3ccc(C(=O)NC)cc3C(F)(F)F)nc2N1C1CCCC1. The number of aromatic nitrogens is 5. The maximum absolute atomic E-state index is 13.8. The zero-order valence-corrected chi connectivity index (χ0v) is 19.3. The van der Waals surface area contributed by atoms with Crippen LogP contribution in [0.1, 0.15) is 66.8 Å². The van der Waals surface area contributed by atoms with E-state index >= 15 is 0 Å². The van der Waals surface area contributed by atoms with Crippen molar-refractivity contribution in [1.29, 1.82) is 0 Å². The lowest BCUT2D eigenvalue weighted by Crippen LogP contribution is -2.42. The van der Waals surface area contributed by atoms with Crippen LogP contribution in [0.25, 0.3) is 5.69 Å². The van der Waals surface area contributed by atoms with E-state index in [0.29, 0.717) is 11.5 Å². The highest BCUT2D eigenvalue weighted by Gasteiger charge is 2.39. The second kappa shape index (κ2) is 8.82. The van der Waals surface area contributed by atoms with Gasteiger partial charge in [-0.25, -0.2) is 4.98 Å². The molecule has 0 saturated heterocycles. The van der Waals surface area contributed by atoms with Gasteiger partial charge in [0.05, 0.1) is 23.5 Å². The van der Waals surface area contributed by atoms with E-state index in [9.17, 15) is 18.0 Å². The van der Waals surface area contributed by atoms with Gasteiger partial charge in [0.2, 0.25) is 5.95 Å². The fourth-order valence-corrected chi connectivity index (χ4v) is 5.00. The standard InChI is InChI=1S/C23H25F3N8O/c1-3-17-20-32-29-12-33(20)18-11-28-22(31-19(18)34(17)14-6-4-5-7-14)30-16-9-8-13(21(35)27-2)10-15(16)23(24,25)26/h8-12,14,17H,3-7H2,1-2H3,(H,27,35)(H,28,30,31)/t17-/m1/s1. The number of nitrogens with one attached hydrogen (secondary N) is 2. The summed E-state index contributed by atoms with van der Waals surface area (Å²) in [5, 5.41) is 13.5. The van der Waals surface area contributed by atoms with E-state index in [1.54, 1.807) is 12.5 Å². The Morgan fingerprint density at radius 1 is 1.23 bits per heavy atom. The molecule has 0 radical (unpaired) electrons. The fourth-order valence-electron chi connectivity index (χ4n) is 5.00. The van der Waals surface area contributed by atoms with Gasteiger partial charge in [0.1, 0.15) is 12.0 Å². The van der Waals surface area contributed by atoms with Crippen LogP contribution in [0.15, 0.2) is 30.7 Å². The molecule has 12 heteroatoms. The summed E-state index contributed by atoms with van der Waals surface area (Å²) in [5.41, 5.74) is -0.598. The summed E-state index contributed by atoms with van der Waals surface area (Å²) in [4.78, 5) is 23.1. The Morgan fingerprint density at radius 3 is 2.69 bits per heavy atom. The van der Waals surface area contributed by atoms with Gasteiger partial charge in [0.15, 0.2) is 11.6 Å². The van der Waals surface area contributed by atoms with E-state index in [0.717, 1.165) is 44.0 Å². The average molecular weight is 487 g/mol.